The number of carbonyl (C=O) groups excluding carboxylic acids is 1. The number of carbonyl (C=O) groups is 1. The van der Waals surface area contributed by atoms with Gasteiger partial charge in [0.2, 0.25) is 10.0 Å². The van der Waals surface area contributed by atoms with Gasteiger partial charge in [0.05, 0.1) is 34.8 Å². The molecule has 37 heavy (non-hydrogen) atoms. The highest BCUT2D eigenvalue weighted by Gasteiger charge is 2.28. The largest absolute Gasteiger partial charge is 0.378 e. The van der Waals surface area contributed by atoms with Crippen molar-refractivity contribution in [2.45, 2.75) is 52.6 Å². The Bertz CT molecular complexity index is 1380. The van der Waals surface area contributed by atoms with Crippen molar-refractivity contribution in [1.82, 2.24) is 19.5 Å². The molecule has 1 fully saturated rings. The molecule has 4 rings (SSSR count). The topological polar surface area (TPSA) is 106 Å². The van der Waals surface area contributed by atoms with Gasteiger partial charge in [-0.25, -0.2) is 27.2 Å². The molecule has 1 saturated heterocycles. The van der Waals surface area contributed by atoms with E-state index in [-0.39, 0.29) is 23.5 Å². The second kappa shape index (κ2) is 10.7. The van der Waals surface area contributed by atoms with Gasteiger partial charge < -0.3 is 9.64 Å². The number of ether oxygens (including phenoxy) is 1. The molecule has 0 atom stereocenters. The Morgan fingerprint density at radius 3 is 2.38 bits per heavy atom. The van der Waals surface area contributed by atoms with Crippen LogP contribution in [0.4, 0.5) is 10.1 Å². The fourth-order valence-electron chi connectivity index (χ4n) is 4.47. The number of halogens is 1. The van der Waals surface area contributed by atoms with Gasteiger partial charge in [-0.2, -0.15) is 5.10 Å². The molecule has 0 bridgehead atoms. The Kier molecular flexibility index (Phi) is 7.84. The number of piperidine rings is 1. The highest BCUT2D eigenvalue weighted by Crippen LogP contribution is 2.36. The third-order valence-corrected chi connectivity index (χ3v) is 6.78. The van der Waals surface area contributed by atoms with Crippen LogP contribution in [-0.4, -0.2) is 61.1 Å². The van der Waals surface area contributed by atoms with Crippen LogP contribution in [0.15, 0.2) is 30.3 Å². The SMILES string of the molecule is CC(C)COC1CCN(c2cc(C(=O)NS(C)(=O)=O)nc3c2c(C(C)C)nn3-c2ccc(F)cc2)CC1. The third kappa shape index (κ3) is 6.27. The van der Waals surface area contributed by atoms with E-state index in [0.29, 0.717) is 36.9 Å². The lowest BCUT2D eigenvalue weighted by Crippen LogP contribution is -2.38. The number of benzene rings is 1. The quantitative estimate of drug-likeness (QED) is 0.468. The molecule has 2 aromatic heterocycles. The van der Waals surface area contributed by atoms with Crippen LogP contribution in [0.25, 0.3) is 16.7 Å². The summed E-state index contributed by atoms with van der Waals surface area (Å²) >= 11 is 0. The standard InChI is InChI=1S/C26H34FN5O4S/c1-16(2)15-36-20-10-12-31(13-11-20)22-14-21(26(33)30-37(5,34)35)28-25-23(22)24(17(3)4)29-32(25)19-8-6-18(27)7-9-19/h6-9,14,16-17,20H,10-13,15H2,1-5H3,(H,30,33). The number of aromatic nitrogens is 3. The maximum Gasteiger partial charge on any atom is 0.283 e. The van der Waals surface area contributed by atoms with Crippen molar-refractivity contribution in [3.05, 3.63) is 47.5 Å². The number of nitrogens with one attached hydrogen (secondary N) is 1. The molecule has 1 aromatic carbocycles. The molecular weight excluding hydrogens is 497 g/mol. The van der Waals surface area contributed by atoms with Gasteiger partial charge >= 0.3 is 0 Å². The van der Waals surface area contributed by atoms with E-state index in [4.69, 9.17) is 9.84 Å². The Morgan fingerprint density at radius 2 is 1.81 bits per heavy atom. The van der Waals surface area contributed by atoms with Crippen LogP contribution >= 0.6 is 0 Å². The predicted molar refractivity (Wildman–Crippen MR) is 141 cm³/mol. The summed E-state index contributed by atoms with van der Waals surface area (Å²) in [6.07, 6.45) is 2.73. The lowest BCUT2D eigenvalue weighted by Gasteiger charge is -2.34. The summed E-state index contributed by atoms with van der Waals surface area (Å²) in [6, 6.07) is 7.49. The second-order valence-electron chi connectivity index (χ2n) is 10.3. The van der Waals surface area contributed by atoms with E-state index >= 15 is 0 Å². The molecule has 0 unspecified atom stereocenters. The molecular formula is C26H34FN5O4S. The first-order chi connectivity index (χ1) is 17.4. The summed E-state index contributed by atoms with van der Waals surface area (Å²) in [5.41, 5.74) is 2.51. The molecule has 11 heteroatoms. The fourth-order valence-corrected chi connectivity index (χ4v) is 4.91. The van der Waals surface area contributed by atoms with Gasteiger partial charge in [0.15, 0.2) is 5.65 Å². The molecule has 3 aromatic rings. The van der Waals surface area contributed by atoms with Crippen LogP contribution in [-0.2, 0) is 14.8 Å². The van der Waals surface area contributed by atoms with E-state index in [0.717, 1.165) is 35.9 Å². The number of hydrogen-bond donors (Lipinski definition) is 1. The van der Waals surface area contributed by atoms with E-state index in [2.05, 4.69) is 23.7 Å². The predicted octanol–water partition coefficient (Wildman–Crippen LogP) is 4.01. The van der Waals surface area contributed by atoms with Gasteiger partial charge in [-0.1, -0.05) is 27.7 Å². The van der Waals surface area contributed by atoms with Gasteiger partial charge in [0.25, 0.3) is 5.91 Å². The van der Waals surface area contributed by atoms with Gasteiger partial charge in [0.1, 0.15) is 11.5 Å². The maximum atomic E-state index is 13.6. The zero-order valence-electron chi connectivity index (χ0n) is 21.9. The number of amides is 1. The molecule has 1 aliphatic heterocycles. The normalized spacial score (nSPS) is 15.2. The average Bonchev–Trinajstić information content (AvgIpc) is 3.22. The molecule has 0 radical (unpaired) electrons. The van der Waals surface area contributed by atoms with Gasteiger partial charge in [-0.05, 0) is 55.0 Å². The Balaban J connectivity index is 1.84. The van der Waals surface area contributed by atoms with E-state index in [1.54, 1.807) is 22.9 Å². The minimum absolute atomic E-state index is 0.0346. The molecule has 0 saturated carbocycles. The van der Waals surface area contributed by atoms with Crippen LogP contribution < -0.4 is 9.62 Å². The molecule has 0 spiro atoms. The number of nitrogens with zero attached hydrogens (tertiary/aromatic N) is 4. The zero-order chi connectivity index (χ0) is 26.9. The number of anilines is 1. The smallest absolute Gasteiger partial charge is 0.283 e. The Labute approximate surface area is 217 Å². The van der Waals surface area contributed by atoms with Gasteiger partial charge in [0, 0.05) is 19.7 Å². The summed E-state index contributed by atoms with van der Waals surface area (Å²) in [5, 5.41) is 5.60. The number of sulfonamides is 1. The van der Waals surface area contributed by atoms with E-state index < -0.39 is 15.9 Å². The van der Waals surface area contributed by atoms with Crippen LogP contribution in [0.2, 0.25) is 0 Å². The van der Waals surface area contributed by atoms with Crippen molar-refractivity contribution in [2.75, 3.05) is 30.9 Å². The van der Waals surface area contributed by atoms with E-state index in [1.165, 1.54) is 12.1 Å². The van der Waals surface area contributed by atoms with Crippen molar-refractivity contribution in [3.63, 3.8) is 0 Å². The van der Waals surface area contributed by atoms with Crippen molar-refractivity contribution in [2.24, 2.45) is 5.92 Å². The van der Waals surface area contributed by atoms with Crippen LogP contribution in [0, 0.1) is 11.7 Å². The zero-order valence-corrected chi connectivity index (χ0v) is 22.7. The monoisotopic (exact) mass is 531 g/mol. The van der Waals surface area contributed by atoms with Crippen molar-refractivity contribution in [1.29, 1.82) is 0 Å². The molecule has 9 nitrogen and oxygen atoms in total. The molecule has 1 N–H and O–H groups in total. The summed E-state index contributed by atoms with van der Waals surface area (Å²) in [7, 11) is -3.79. The first-order valence-corrected chi connectivity index (χ1v) is 14.4. The first kappa shape index (κ1) is 27.0. The second-order valence-corrected chi connectivity index (χ2v) is 12.0. The lowest BCUT2D eigenvalue weighted by molar-refractivity contribution is 0.0215. The summed E-state index contributed by atoms with van der Waals surface area (Å²) < 4.78 is 46.9. The number of fused-ring (bicyclic) bond motifs is 1. The van der Waals surface area contributed by atoms with E-state index in [1.807, 2.05) is 18.6 Å². The minimum Gasteiger partial charge on any atom is -0.378 e. The summed E-state index contributed by atoms with van der Waals surface area (Å²) in [4.78, 5) is 19.6. The van der Waals surface area contributed by atoms with Crippen molar-refractivity contribution >= 4 is 32.7 Å². The number of hydrogen-bond acceptors (Lipinski definition) is 7. The van der Waals surface area contributed by atoms with E-state index in [9.17, 15) is 17.6 Å². The van der Waals surface area contributed by atoms with Crippen molar-refractivity contribution in [3.8, 4) is 5.69 Å². The summed E-state index contributed by atoms with van der Waals surface area (Å²) in [6.45, 7) is 10.4. The Morgan fingerprint density at radius 1 is 1.16 bits per heavy atom. The third-order valence-electron chi connectivity index (χ3n) is 6.22. The van der Waals surface area contributed by atoms with Crippen LogP contribution in [0.1, 0.15) is 62.6 Å². The molecule has 3 heterocycles. The van der Waals surface area contributed by atoms with Crippen LogP contribution in [0.3, 0.4) is 0 Å². The fraction of sp³-hybridized carbons (Fsp3) is 0.500. The minimum atomic E-state index is -3.79. The molecule has 0 aliphatic carbocycles. The first-order valence-electron chi connectivity index (χ1n) is 12.5. The van der Waals surface area contributed by atoms with Gasteiger partial charge in [-0.3, -0.25) is 4.79 Å². The maximum absolute atomic E-state index is 13.6. The number of pyridine rings is 1. The molecule has 200 valence electrons. The highest BCUT2D eigenvalue weighted by molar-refractivity contribution is 7.89. The highest BCUT2D eigenvalue weighted by atomic mass is 32.2. The van der Waals surface area contributed by atoms with Gasteiger partial charge in [-0.15, -0.1) is 0 Å². The average molecular weight is 532 g/mol. The summed E-state index contributed by atoms with van der Waals surface area (Å²) in [5.74, 6) is -0.709. The lowest BCUT2D eigenvalue weighted by atomic mass is 10.0. The van der Waals surface area contributed by atoms with Crippen molar-refractivity contribution < 1.29 is 22.3 Å². The Hall–Kier alpha value is -3.05. The number of rotatable bonds is 8. The van der Waals surface area contributed by atoms with Crippen LogP contribution in [0.5, 0.6) is 0 Å². The molecule has 1 aliphatic rings. The molecule has 1 amide bonds.